The van der Waals surface area contributed by atoms with E-state index in [1.54, 1.807) is 20.8 Å². The van der Waals surface area contributed by atoms with Crippen molar-refractivity contribution < 1.29 is 18.8 Å². The summed E-state index contributed by atoms with van der Waals surface area (Å²) in [6, 6.07) is 0.213. The highest BCUT2D eigenvalue weighted by Crippen LogP contribution is 2.38. The minimum Gasteiger partial charge on any atom is -0.508 e. The van der Waals surface area contributed by atoms with Gasteiger partial charge >= 0.3 is 0 Å². The van der Waals surface area contributed by atoms with Gasteiger partial charge in [-0.3, -0.25) is 0 Å². The van der Waals surface area contributed by atoms with E-state index < -0.39 is 54.4 Å². The van der Waals surface area contributed by atoms with Crippen molar-refractivity contribution in [3.8, 4) is 5.75 Å². The molecule has 0 amide bonds. The van der Waals surface area contributed by atoms with Crippen molar-refractivity contribution in [2.24, 2.45) is 0 Å². The van der Waals surface area contributed by atoms with Crippen LogP contribution >= 0.6 is 0 Å². The number of nitrogens with two attached hydrogens (primary N) is 1. The monoisotopic (exact) mass is 231 g/mol. The van der Waals surface area contributed by atoms with Crippen LogP contribution in [-0.2, 0) is 10.8 Å². The largest absolute Gasteiger partial charge is 0.508 e. The van der Waals surface area contributed by atoms with Gasteiger partial charge in [0, 0.05) is 24.1 Å². The maximum Gasteiger partial charge on any atom is 0.121 e. The zero-order valence-corrected chi connectivity index (χ0v) is 9.60. The molecule has 1 aromatic carbocycles. The van der Waals surface area contributed by atoms with E-state index in [0.717, 1.165) is 6.07 Å². The molecule has 0 radical (unpaired) electrons. The molecule has 2 heteroatoms. The number of aromatic hydroxyl groups is 1. The third-order valence-corrected chi connectivity index (χ3v) is 2.21. The summed E-state index contributed by atoms with van der Waals surface area (Å²) in [6.45, 7) is -5.75. The molecule has 2 nitrogen and oxygen atoms in total. The van der Waals surface area contributed by atoms with Gasteiger partial charge in [0.2, 0.25) is 0 Å². The Morgan fingerprint density at radius 1 is 1.19 bits per heavy atom. The third kappa shape index (κ3) is 2.49. The van der Waals surface area contributed by atoms with E-state index in [1.807, 2.05) is 0 Å². The van der Waals surface area contributed by atoms with Crippen LogP contribution in [0.25, 0.3) is 0 Å². The van der Waals surface area contributed by atoms with Gasteiger partial charge in [-0.25, -0.2) is 0 Å². The van der Waals surface area contributed by atoms with Crippen molar-refractivity contribution in [2.45, 2.75) is 52.2 Å². The minimum atomic E-state index is -3.53. The molecule has 0 heterocycles. The lowest BCUT2D eigenvalue weighted by Crippen LogP contribution is -2.18. The number of benzene rings is 1. The fourth-order valence-corrected chi connectivity index (χ4v) is 1.43. The molecule has 0 bridgehead atoms. The number of nitrogen functional groups attached to an aromatic ring is 1. The van der Waals surface area contributed by atoms with Crippen molar-refractivity contribution in [1.82, 2.24) is 0 Å². The summed E-state index contributed by atoms with van der Waals surface area (Å²) in [5.74, 6) is -0.431. The van der Waals surface area contributed by atoms with Gasteiger partial charge in [0.25, 0.3) is 0 Å². The van der Waals surface area contributed by atoms with Crippen LogP contribution in [0.1, 0.15) is 66.2 Å². The molecule has 0 aliphatic carbocycles. The maximum atomic E-state index is 10.2. The van der Waals surface area contributed by atoms with Gasteiger partial charge in [0.05, 0.1) is 1.37 Å². The second kappa shape index (κ2) is 3.69. The van der Waals surface area contributed by atoms with Gasteiger partial charge < -0.3 is 10.8 Å². The molecule has 1 rings (SSSR count). The highest BCUT2D eigenvalue weighted by molar-refractivity contribution is 5.58. The minimum absolute atomic E-state index is 0.0798. The summed E-state index contributed by atoms with van der Waals surface area (Å²) in [5.41, 5.74) is 0.0333. The Balaban J connectivity index is 4.29. The van der Waals surface area contributed by atoms with Crippen molar-refractivity contribution in [3.05, 3.63) is 23.2 Å². The van der Waals surface area contributed by atoms with Crippen LogP contribution < -0.4 is 5.73 Å². The van der Waals surface area contributed by atoms with Crippen LogP contribution in [0, 0.1) is 0 Å². The topological polar surface area (TPSA) is 46.2 Å². The summed E-state index contributed by atoms with van der Waals surface area (Å²) in [5, 5.41) is 10.2. The Kier molecular flexibility index (Phi) is 1.06. The highest BCUT2D eigenvalue weighted by atomic mass is 16.3. The lowest BCUT2D eigenvalue weighted by molar-refractivity contribution is 0.445. The first-order valence-electron chi connectivity index (χ1n) is 9.84. The van der Waals surface area contributed by atoms with Crippen molar-refractivity contribution >= 4 is 5.69 Å². The molecule has 16 heavy (non-hydrogen) atoms. The van der Waals surface area contributed by atoms with Crippen molar-refractivity contribution in [3.63, 3.8) is 0 Å². The molecule has 1 aromatic rings. The number of anilines is 1. The van der Waals surface area contributed by atoms with Gasteiger partial charge in [-0.15, -0.1) is 0 Å². The first kappa shape index (κ1) is 4.59. The Labute approximate surface area is 113 Å². The summed E-state index contributed by atoms with van der Waals surface area (Å²) >= 11 is 0. The number of phenols is 1. The molecule has 0 fully saturated rings. The average molecular weight is 231 g/mol. The predicted molar refractivity (Wildman–Crippen MR) is 69.9 cm³/mol. The van der Waals surface area contributed by atoms with E-state index in [2.05, 4.69) is 0 Å². The Hall–Kier alpha value is -1.18. The molecular weight excluding hydrogens is 198 g/mol. The van der Waals surface area contributed by atoms with E-state index in [1.165, 1.54) is 0 Å². The first-order chi connectivity index (χ1) is 11.2. The summed E-state index contributed by atoms with van der Waals surface area (Å²) < 4.78 is 78.3. The Morgan fingerprint density at radius 2 is 1.75 bits per heavy atom. The second-order valence-electron chi connectivity index (χ2n) is 4.86. The fourth-order valence-electron chi connectivity index (χ4n) is 1.43. The number of rotatable bonds is 0. The number of hydrogen-bond acceptors (Lipinski definition) is 2. The summed E-state index contributed by atoms with van der Waals surface area (Å²) in [7, 11) is 0. The lowest BCUT2D eigenvalue weighted by atomic mass is 9.79. The normalized spacial score (nSPS) is 24.4. The molecule has 0 aromatic heterocycles. The molecular formula is C14H23NO. The molecule has 90 valence electrons. The van der Waals surface area contributed by atoms with E-state index >= 15 is 0 Å². The van der Waals surface area contributed by atoms with Gasteiger partial charge in [-0.1, -0.05) is 41.3 Å². The third-order valence-electron chi connectivity index (χ3n) is 2.21. The van der Waals surface area contributed by atoms with E-state index in [0.29, 0.717) is 0 Å². The SMILES string of the molecule is [2H]c1c(C(C)(C)C)c(O)cc(N)c1C(C([2H])([2H])[2H])(C([2H])([2H])[2H])C([2H])([2H])[2H]. The number of hydrogen-bond donors (Lipinski definition) is 2. The van der Waals surface area contributed by atoms with Gasteiger partial charge in [0.1, 0.15) is 5.75 Å². The van der Waals surface area contributed by atoms with E-state index in [4.69, 9.17) is 19.4 Å². The van der Waals surface area contributed by atoms with Crippen LogP contribution in [0.15, 0.2) is 12.1 Å². The van der Waals surface area contributed by atoms with Crippen LogP contribution in [-0.4, -0.2) is 5.11 Å². The zero-order valence-electron chi connectivity index (χ0n) is 19.6. The standard InChI is InChI=1S/C14H23NO/c1-13(2,3)9-7-10(14(4,5)6)12(16)8-11(9)15/h7-8,16H,15H2,1-6H3/i1D3,2D3,3D3,7D. The first-order valence-corrected chi connectivity index (χ1v) is 4.84. The van der Waals surface area contributed by atoms with E-state index in [9.17, 15) is 5.11 Å². The van der Waals surface area contributed by atoms with Crippen LogP contribution in [0.4, 0.5) is 5.69 Å². The molecule has 0 atom stereocenters. The van der Waals surface area contributed by atoms with E-state index in [-0.39, 0.29) is 5.56 Å². The molecule has 0 saturated carbocycles. The Morgan fingerprint density at radius 3 is 2.19 bits per heavy atom. The van der Waals surface area contributed by atoms with Crippen LogP contribution in [0.3, 0.4) is 0 Å². The van der Waals surface area contributed by atoms with Crippen molar-refractivity contribution in [2.75, 3.05) is 5.73 Å². The Bertz CT molecular complexity index is 658. The maximum absolute atomic E-state index is 10.2. The van der Waals surface area contributed by atoms with Gasteiger partial charge in [-0.05, 0) is 28.0 Å². The predicted octanol–water partition coefficient (Wildman–Crippen LogP) is 3.57. The average Bonchev–Trinajstić information content (AvgIpc) is 2.26. The lowest BCUT2D eigenvalue weighted by Gasteiger charge is -2.27. The van der Waals surface area contributed by atoms with Gasteiger partial charge in [-0.2, -0.15) is 0 Å². The molecule has 0 unspecified atom stereocenters. The molecule has 3 N–H and O–H groups in total. The molecule has 0 saturated heterocycles. The summed E-state index contributed by atoms with van der Waals surface area (Å²) in [4.78, 5) is 0. The quantitative estimate of drug-likeness (QED) is 0.671. The molecule has 0 aliphatic rings. The van der Waals surface area contributed by atoms with Crippen molar-refractivity contribution in [1.29, 1.82) is 0 Å². The fraction of sp³-hybridized carbons (Fsp3) is 0.571. The second-order valence-corrected chi connectivity index (χ2v) is 4.86. The van der Waals surface area contributed by atoms with Crippen LogP contribution in [0.2, 0.25) is 0 Å². The zero-order chi connectivity index (χ0) is 21.1. The summed E-state index contributed by atoms with van der Waals surface area (Å²) in [6.07, 6.45) is 0. The number of phenolic OH excluding ortho intramolecular Hbond substituents is 1. The smallest absolute Gasteiger partial charge is 0.121 e. The molecule has 0 spiro atoms. The highest BCUT2D eigenvalue weighted by Gasteiger charge is 2.24. The molecule has 0 aliphatic heterocycles. The van der Waals surface area contributed by atoms with Gasteiger partial charge in [0.15, 0.2) is 0 Å². The van der Waals surface area contributed by atoms with Crippen LogP contribution in [0.5, 0.6) is 5.75 Å².